The van der Waals surface area contributed by atoms with E-state index in [1.165, 1.54) is 0 Å². The smallest absolute Gasteiger partial charge is 0.282 e. The summed E-state index contributed by atoms with van der Waals surface area (Å²) in [6.07, 6.45) is -1.88. The Hall–Kier alpha value is -0.290. The van der Waals surface area contributed by atoms with E-state index in [2.05, 4.69) is 0 Å². The lowest BCUT2D eigenvalue weighted by atomic mass is 10.0. The molecule has 0 bridgehead atoms. The van der Waals surface area contributed by atoms with Gasteiger partial charge in [-0.3, -0.25) is 4.55 Å². The first-order chi connectivity index (χ1) is 6.08. The SMILES string of the molecule is NCC(C(O)CS(=O)(=O)O)C(O)(O)O. The highest BCUT2D eigenvalue weighted by Gasteiger charge is 2.38. The van der Waals surface area contributed by atoms with E-state index in [1.54, 1.807) is 0 Å². The van der Waals surface area contributed by atoms with Crippen molar-refractivity contribution in [3.63, 3.8) is 0 Å². The zero-order valence-corrected chi connectivity index (χ0v) is 7.92. The zero-order chi connectivity index (χ0) is 11.6. The lowest BCUT2D eigenvalue weighted by molar-refractivity contribution is -0.349. The molecule has 0 radical (unpaired) electrons. The van der Waals surface area contributed by atoms with Crippen LogP contribution in [-0.2, 0) is 10.1 Å². The molecule has 0 aliphatic rings. The first-order valence-electron chi connectivity index (χ1n) is 3.58. The van der Waals surface area contributed by atoms with Gasteiger partial charge in [0.2, 0.25) is 0 Å². The van der Waals surface area contributed by atoms with Crippen molar-refractivity contribution in [3.8, 4) is 0 Å². The van der Waals surface area contributed by atoms with Gasteiger partial charge in [0.25, 0.3) is 16.1 Å². The third-order valence-electron chi connectivity index (χ3n) is 1.60. The molecule has 0 aromatic rings. The number of aliphatic hydroxyl groups is 4. The Morgan fingerprint density at radius 3 is 1.93 bits per heavy atom. The molecule has 0 heterocycles. The summed E-state index contributed by atoms with van der Waals surface area (Å²) in [5.74, 6) is -6.12. The number of hydrogen-bond donors (Lipinski definition) is 6. The number of aliphatic hydroxyl groups excluding tert-OH is 1. The van der Waals surface area contributed by atoms with Crippen LogP contribution in [0.25, 0.3) is 0 Å². The van der Waals surface area contributed by atoms with Crippen LogP contribution >= 0.6 is 0 Å². The van der Waals surface area contributed by atoms with Crippen LogP contribution in [0.1, 0.15) is 0 Å². The van der Waals surface area contributed by atoms with Crippen LogP contribution in [0.15, 0.2) is 0 Å². The van der Waals surface area contributed by atoms with E-state index in [-0.39, 0.29) is 0 Å². The van der Waals surface area contributed by atoms with Crippen molar-refractivity contribution in [1.82, 2.24) is 0 Å². The summed E-state index contributed by atoms with van der Waals surface area (Å²) in [6, 6.07) is 0. The maximum atomic E-state index is 10.3. The minimum absolute atomic E-state index is 0.569. The van der Waals surface area contributed by atoms with Crippen LogP contribution < -0.4 is 5.73 Å². The minimum Gasteiger partial charge on any atom is -0.391 e. The van der Waals surface area contributed by atoms with Gasteiger partial charge in [0.05, 0.1) is 12.0 Å². The fraction of sp³-hybridized carbons (Fsp3) is 1.00. The molecular formula is C5H13NO7S. The first kappa shape index (κ1) is 13.7. The van der Waals surface area contributed by atoms with Gasteiger partial charge >= 0.3 is 0 Å². The normalized spacial score (nSPS) is 17.9. The van der Waals surface area contributed by atoms with Gasteiger partial charge in [-0.2, -0.15) is 8.42 Å². The van der Waals surface area contributed by atoms with Crippen LogP contribution in [-0.4, -0.2) is 57.8 Å². The third-order valence-corrected chi connectivity index (χ3v) is 2.36. The Morgan fingerprint density at radius 1 is 1.29 bits per heavy atom. The van der Waals surface area contributed by atoms with Gasteiger partial charge in [-0.05, 0) is 0 Å². The maximum absolute atomic E-state index is 10.3. The molecule has 2 atom stereocenters. The Morgan fingerprint density at radius 2 is 1.71 bits per heavy atom. The highest BCUT2D eigenvalue weighted by atomic mass is 32.2. The van der Waals surface area contributed by atoms with Crippen molar-refractivity contribution in [3.05, 3.63) is 0 Å². The van der Waals surface area contributed by atoms with E-state index in [9.17, 15) is 8.42 Å². The monoisotopic (exact) mass is 231 g/mol. The molecule has 0 aliphatic heterocycles. The Kier molecular flexibility index (Phi) is 4.39. The van der Waals surface area contributed by atoms with Crippen molar-refractivity contribution in [2.45, 2.75) is 12.1 Å². The van der Waals surface area contributed by atoms with Gasteiger partial charge in [-0.1, -0.05) is 0 Å². The number of nitrogens with two attached hydrogens (primary N) is 1. The van der Waals surface area contributed by atoms with Crippen LogP contribution in [0.4, 0.5) is 0 Å². The van der Waals surface area contributed by atoms with Gasteiger partial charge in [-0.25, -0.2) is 0 Å². The summed E-state index contributed by atoms with van der Waals surface area (Å²) in [6.45, 7) is -0.569. The van der Waals surface area contributed by atoms with Gasteiger partial charge in [0, 0.05) is 6.54 Å². The summed E-state index contributed by atoms with van der Waals surface area (Å²) in [4.78, 5) is 0. The minimum atomic E-state index is -4.48. The lowest BCUT2D eigenvalue weighted by Crippen LogP contribution is -2.50. The molecule has 2 unspecified atom stereocenters. The van der Waals surface area contributed by atoms with E-state index in [1.807, 2.05) is 0 Å². The third kappa shape index (κ3) is 4.81. The average molecular weight is 231 g/mol. The molecule has 0 aromatic heterocycles. The molecule has 0 amide bonds. The largest absolute Gasteiger partial charge is 0.391 e. The molecule has 0 aliphatic carbocycles. The van der Waals surface area contributed by atoms with Gasteiger partial charge in [0.15, 0.2) is 0 Å². The first-order valence-corrected chi connectivity index (χ1v) is 5.19. The predicted octanol–water partition coefficient (Wildman–Crippen LogP) is -3.56. The molecule has 7 N–H and O–H groups in total. The summed E-state index contributed by atoms with van der Waals surface area (Å²) >= 11 is 0. The van der Waals surface area contributed by atoms with Gasteiger partial charge < -0.3 is 26.2 Å². The van der Waals surface area contributed by atoms with Crippen molar-refractivity contribution in [2.75, 3.05) is 12.3 Å². The Balaban J connectivity index is 4.57. The van der Waals surface area contributed by atoms with E-state index in [0.29, 0.717) is 0 Å². The highest BCUT2D eigenvalue weighted by molar-refractivity contribution is 7.85. The standard InChI is InChI=1S/C5H13NO7S/c6-1-3(5(8,9)10)4(7)2-14(11,12)13/h3-4,7-10H,1-2,6H2,(H,11,12,13). The zero-order valence-electron chi connectivity index (χ0n) is 7.11. The second-order valence-electron chi connectivity index (χ2n) is 2.85. The maximum Gasteiger partial charge on any atom is 0.282 e. The van der Waals surface area contributed by atoms with Crippen molar-refractivity contribution in [2.24, 2.45) is 11.7 Å². The van der Waals surface area contributed by atoms with Crippen LogP contribution in [0.5, 0.6) is 0 Å². The summed E-state index contributed by atoms with van der Waals surface area (Å²) < 4.78 is 28.9. The fourth-order valence-electron chi connectivity index (χ4n) is 0.905. The molecule has 0 spiro atoms. The molecule has 0 saturated heterocycles. The van der Waals surface area contributed by atoms with E-state index in [4.69, 9.17) is 30.7 Å². The average Bonchev–Trinajstić information content (AvgIpc) is 1.79. The predicted molar refractivity (Wildman–Crippen MR) is 44.4 cm³/mol. The van der Waals surface area contributed by atoms with E-state index < -0.39 is 40.4 Å². The number of hydrogen-bond acceptors (Lipinski definition) is 7. The molecule has 14 heavy (non-hydrogen) atoms. The second kappa shape index (κ2) is 4.49. The molecule has 0 fully saturated rings. The Bertz CT molecular complexity index is 268. The van der Waals surface area contributed by atoms with Gasteiger partial charge in [0.1, 0.15) is 5.75 Å². The van der Waals surface area contributed by atoms with Crippen molar-refractivity contribution in [1.29, 1.82) is 0 Å². The van der Waals surface area contributed by atoms with Crippen LogP contribution in [0, 0.1) is 5.92 Å². The summed E-state index contributed by atoms with van der Waals surface area (Å²) in [7, 11) is -4.48. The molecular weight excluding hydrogens is 218 g/mol. The molecule has 0 saturated carbocycles. The molecule has 86 valence electrons. The molecule has 9 heteroatoms. The summed E-state index contributed by atoms with van der Waals surface area (Å²) in [5.41, 5.74) is 4.96. The molecule has 0 aromatic carbocycles. The molecule has 8 nitrogen and oxygen atoms in total. The number of rotatable bonds is 5. The summed E-state index contributed by atoms with van der Waals surface area (Å²) in [5, 5.41) is 35.0. The van der Waals surface area contributed by atoms with Crippen LogP contribution in [0.3, 0.4) is 0 Å². The highest BCUT2D eigenvalue weighted by Crippen LogP contribution is 2.15. The molecule has 0 rings (SSSR count). The Labute approximate surface area is 80.3 Å². The lowest BCUT2D eigenvalue weighted by Gasteiger charge is -2.28. The van der Waals surface area contributed by atoms with Crippen LogP contribution in [0.2, 0.25) is 0 Å². The van der Waals surface area contributed by atoms with E-state index in [0.717, 1.165) is 0 Å². The fourth-order valence-corrected chi connectivity index (χ4v) is 1.57. The quantitative estimate of drug-likeness (QED) is 0.209. The topological polar surface area (TPSA) is 161 Å². The second-order valence-corrected chi connectivity index (χ2v) is 4.34. The van der Waals surface area contributed by atoms with Crippen molar-refractivity contribution >= 4 is 10.1 Å². The van der Waals surface area contributed by atoms with Crippen molar-refractivity contribution < 1.29 is 33.4 Å². The van der Waals surface area contributed by atoms with E-state index >= 15 is 0 Å². The van der Waals surface area contributed by atoms with Gasteiger partial charge in [-0.15, -0.1) is 0 Å².